The number of fused-ring (bicyclic) bond motifs is 1. The van der Waals surface area contributed by atoms with Crippen LogP contribution in [0.1, 0.15) is 28.0 Å². The lowest BCUT2D eigenvalue weighted by Gasteiger charge is -2.13. The van der Waals surface area contributed by atoms with Crippen molar-refractivity contribution >= 4 is 22.5 Å². The zero-order valence-electron chi connectivity index (χ0n) is 14.0. The van der Waals surface area contributed by atoms with E-state index in [1.54, 1.807) is 23.9 Å². The Bertz CT molecular complexity index is 934. The summed E-state index contributed by atoms with van der Waals surface area (Å²) in [5, 5.41) is 21.0. The van der Waals surface area contributed by atoms with Crippen molar-refractivity contribution in [2.45, 2.75) is 23.8 Å². The lowest BCUT2D eigenvalue weighted by Crippen LogP contribution is -2.32. The Hall–Kier alpha value is -2.54. The number of rotatable bonds is 3. The van der Waals surface area contributed by atoms with Gasteiger partial charge in [0, 0.05) is 25.0 Å². The molecule has 1 aromatic heterocycles. The first-order valence-electron chi connectivity index (χ1n) is 7.96. The first-order chi connectivity index (χ1) is 12.4. The van der Waals surface area contributed by atoms with Crippen LogP contribution in [0.3, 0.4) is 0 Å². The Labute approximate surface area is 152 Å². The first-order valence-corrected chi connectivity index (χ1v) is 9.18. The average molecular weight is 375 g/mol. The van der Waals surface area contributed by atoms with Gasteiger partial charge in [-0.25, -0.2) is 9.11 Å². The van der Waals surface area contributed by atoms with E-state index in [1.165, 1.54) is 12.1 Å². The number of carbonyl (C=O) groups excluding carboxylic acids is 1. The summed E-state index contributed by atoms with van der Waals surface area (Å²) in [6.07, 6.45) is 2.93. The Morgan fingerprint density at radius 2 is 2.38 bits per heavy atom. The zero-order valence-corrected chi connectivity index (χ0v) is 14.9. The molecule has 0 bridgehead atoms. The number of aliphatic hydroxyl groups is 1. The molecule has 3 rings (SSSR count). The number of aryl methyl sites for hydroxylation is 1. The molecular weight excluding hydrogens is 357 g/mol. The third-order valence-corrected chi connectivity index (χ3v) is 5.63. The fraction of sp³-hybridized carbons (Fsp3) is 0.294. The summed E-state index contributed by atoms with van der Waals surface area (Å²) in [4.78, 5) is 13.5. The molecule has 0 fully saturated rings. The van der Waals surface area contributed by atoms with Crippen molar-refractivity contribution in [2.75, 3.05) is 11.9 Å². The van der Waals surface area contributed by atoms with E-state index in [-0.39, 0.29) is 24.1 Å². The molecule has 2 unspecified atom stereocenters. The Morgan fingerprint density at radius 3 is 3.08 bits per heavy atom. The summed E-state index contributed by atoms with van der Waals surface area (Å²) in [6, 6.07) is 5.38. The van der Waals surface area contributed by atoms with E-state index >= 15 is 0 Å². The first kappa shape index (κ1) is 18.3. The maximum atomic E-state index is 13.4. The predicted molar refractivity (Wildman–Crippen MR) is 95.2 cm³/mol. The molecule has 0 radical (unpaired) electrons. The summed E-state index contributed by atoms with van der Waals surface area (Å²) < 4.78 is 26.4. The lowest BCUT2D eigenvalue weighted by atomic mass is 10.1. The molecule has 2 heterocycles. The van der Waals surface area contributed by atoms with Crippen LogP contribution in [0.4, 0.5) is 10.1 Å². The third kappa shape index (κ3) is 3.39. The second kappa shape index (κ2) is 7.37. The van der Waals surface area contributed by atoms with Gasteiger partial charge < -0.3 is 15.0 Å². The van der Waals surface area contributed by atoms with Crippen molar-refractivity contribution in [3.05, 3.63) is 47.0 Å². The molecule has 1 aromatic carbocycles. The second-order valence-electron chi connectivity index (χ2n) is 6.03. The summed E-state index contributed by atoms with van der Waals surface area (Å²) >= 11 is 0. The highest BCUT2D eigenvalue weighted by atomic mass is 32.2. The smallest absolute Gasteiger partial charge is 0.272 e. The van der Waals surface area contributed by atoms with Crippen molar-refractivity contribution in [3.8, 4) is 6.07 Å². The molecule has 1 aliphatic rings. The van der Waals surface area contributed by atoms with E-state index in [2.05, 4.69) is 10.0 Å². The Kier molecular flexibility index (Phi) is 5.18. The van der Waals surface area contributed by atoms with Crippen molar-refractivity contribution in [2.24, 2.45) is 7.05 Å². The maximum absolute atomic E-state index is 13.4. The Balaban J connectivity index is 1.92. The summed E-state index contributed by atoms with van der Waals surface area (Å²) in [5.74, 6) is -1.03. The topological polar surface area (TPSA) is 114 Å². The number of amides is 1. The number of aliphatic hydroxyl groups excluding tert-OH is 1. The van der Waals surface area contributed by atoms with Crippen LogP contribution in [-0.4, -0.2) is 28.2 Å². The summed E-state index contributed by atoms with van der Waals surface area (Å²) in [5.41, 5.74) is 1.38. The summed E-state index contributed by atoms with van der Waals surface area (Å²) in [7, 11) is 0.705. The maximum Gasteiger partial charge on any atom is 0.272 e. The van der Waals surface area contributed by atoms with Crippen LogP contribution in [-0.2, 0) is 24.3 Å². The number of nitrogens with one attached hydrogen (secondary N) is 3. The number of aromatic nitrogens is 1. The third-order valence-electron chi connectivity index (χ3n) is 4.27. The minimum atomic E-state index is -1.03. The molecule has 2 aromatic rings. The Morgan fingerprint density at radius 1 is 1.62 bits per heavy atom. The average Bonchev–Trinajstić information content (AvgIpc) is 2.88. The van der Waals surface area contributed by atoms with Crippen molar-refractivity contribution < 1.29 is 14.3 Å². The normalized spacial score (nSPS) is 19.3. The monoisotopic (exact) mass is 375 g/mol. The number of hydrogen-bond donors (Lipinski definition) is 4. The van der Waals surface area contributed by atoms with Gasteiger partial charge in [-0.1, -0.05) is 0 Å². The highest BCUT2D eigenvalue weighted by Crippen LogP contribution is 2.26. The van der Waals surface area contributed by atoms with E-state index in [0.717, 1.165) is 16.5 Å². The molecule has 0 saturated heterocycles. The van der Waals surface area contributed by atoms with Gasteiger partial charge in [0.2, 0.25) is 0 Å². The van der Waals surface area contributed by atoms with Gasteiger partial charge in [-0.05, 0) is 47.5 Å². The van der Waals surface area contributed by atoms with Gasteiger partial charge in [-0.3, -0.25) is 9.57 Å². The van der Waals surface area contributed by atoms with Crippen LogP contribution in [0.5, 0.6) is 0 Å². The number of nitrogens with zero attached hydrogens (tertiary/aromatic N) is 2. The van der Waals surface area contributed by atoms with Gasteiger partial charge in [0.1, 0.15) is 17.6 Å². The molecule has 1 aliphatic heterocycles. The summed E-state index contributed by atoms with van der Waals surface area (Å²) in [6.45, 7) is -0.0627. The fourth-order valence-electron chi connectivity index (χ4n) is 2.98. The number of nitriles is 1. The SMILES string of the molecule is Cn1cc2c(c1C(=O)Nc1ccc(F)c(C#N)c1)CCC(CO)NS2=N. The van der Waals surface area contributed by atoms with Gasteiger partial charge in [0.15, 0.2) is 0 Å². The van der Waals surface area contributed by atoms with Crippen molar-refractivity contribution in [1.29, 1.82) is 10.0 Å². The van der Waals surface area contributed by atoms with Crippen LogP contribution in [0.25, 0.3) is 0 Å². The molecule has 7 nitrogen and oxygen atoms in total. The van der Waals surface area contributed by atoms with E-state index in [9.17, 15) is 14.3 Å². The number of anilines is 1. The van der Waals surface area contributed by atoms with Crippen LogP contribution >= 0.6 is 0 Å². The van der Waals surface area contributed by atoms with Crippen LogP contribution in [0, 0.1) is 21.9 Å². The van der Waals surface area contributed by atoms with Gasteiger partial charge in [-0.15, -0.1) is 0 Å². The van der Waals surface area contributed by atoms with Gasteiger partial charge in [0.25, 0.3) is 5.91 Å². The van der Waals surface area contributed by atoms with Crippen molar-refractivity contribution in [3.63, 3.8) is 0 Å². The molecule has 4 N–H and O–H groups in total. The van der Waals surface area contributed by atoms with E-state index in [0.29, 0.717) is 24.2 Å². The van der Waals surface area contributed by atoms with Crippen LogP contribution in [0.2, 0.25) is 0 Å². The second-order valence-corrected chi connectivity index (χ2v) is 7.32. The molecule has 9 heteroatoms. The van der Waals surface area contributed by atoms with Crippen molar-refractivity contribution in [1.82, 2.24) is 9.29 Å². The molecule has 0 spiro atoms. The van der Waals surface area contributed by atoms with E-state index in [4.69, 9.17) is 10.0 Å². The van der Waals surface area contributed by atoms with E-state index in [1.807, 2.05) is 0 Å². The quantitative estimate of drug-likeness (QED) is 0.655. The van der Waals surface area contributed by atoms with Crippen LogP contribution in [0.15, 0.2) is 29.3 Å². The number of carbonyl (C=O) groups is 1. The molecule has 0 aliphatic carbocycles. The molecular formula is C17H18FN5O2S. The largest absolute Gasteiger partial charge is 0.395 e. The van der Waals surface area contributed by atoms with Gasteiger partial charge in [0.05, 0.1) is 17.1 Å². The van der Waals surface area contributed by atoms with E-state index < -0.39 is 16.7 Å². The molecule has 0 saturated carbocycles. The fourth-order valence-corrected chi connectivity index (χ4v) is 4.34. The number of hydrogen-bond acceptors (Lipinski definition) is 4. The van der Waals surface area contributed by atoms with Gasteiger partial charge >= 0.3 is 0 Å². The predicted octanol–water partition coefficient (Wildman–Crippen LogP) is 1.84. The molecule has 26 heavy (non-hydrogen) atoms. The molecule has 2 atom stereocenters. The minimum Gasteiger partial charge on any atom is -0.395 e. The highest BCUT2D eigenvalue weighted by Gasteiger charge is 2.26. The molecule has 136 valence electrons. The van der Waals surface area contributed by atoms with Crippen LogP contribution < -0.4 is 10.0 Å². The standard InChI is InChI=1S/C17H18FN5O2S/c1-23-8-15-13(4-2-12(9-24)22-26(15)20)16(23)17(25)21-11-3-5-14(18)10(6-11)7-19/h3,5-6,8,12,24H,2,4,9H2,1H3,(H2,20,22)(H,21,25). The number of halogens is 1. The highest BCUT2D eigenvalue weighted by molar-refractivity contribution is 7.84. The van der Waals surface area contributed by atoms with Gasteiger partial charge in [-0.2, -0.15) is 5.26 Å². The lowest BCUT2D eigenvalue weighted by molar-refractivity contribution is 0.101. The minimum absolute atomic E-state index is 0.0627. The number of benzene rings is 1. The zero-order chi connectivity index (χ0) is 18.8. The molecule has 1 amide bonds.